The van der Waals surface area contributed by atoms with Gasteiger partial charge in [-0.3, -0.25) is 4.79 Å². The minimum Gasteiger partial charge on any atom is -0.386 e. The zero-order valence-electron chi connectivity index (χ0n) is 15.6. The van der Waals surface area contributed by atoms with Gasteiger partial charge in [-0.15, -0.1) is 0 Å². The van der Waals surface area contributed by atoms with Crippen molar-refractivity contribution in [1.29, 1.82) is 5.26 Å². The van der Waals surface area contributed by atoms with Gasteiger partial charge in [0.05, 0.1) is 17.2 Å². The largest absolute Gasteiger partial charge is 0.386 e. The van der Waals surface area contributed by atoms with E-state index in [-0.39, 0.29) is 22.1 Å². The summed E-state index contributed by atoms with van der Waals surface area (Å²) in [5, 5.41) is 25.6. The van der Waals surface area contributed by atoms with Crippen LogP contribution in [0, 0.1) is 24.2 Å². The first-order valence-electron chi connectivity index (χ1n) is 8.51. The first kappa shape index (κ1) is 20.9. The Kier molecular flexibility index (Phi) is 6.05. The number of nitrogens with one attached hydrogen (secondary N) is 2. The van der Waals surface area contributed by atoms with Crippen LogP contribution in [0.25, 0.3) is 0 Å². The molecular weight excluding hydrogens is 412 g/mol. The maximum atomic E-state index is 12.4. The molecule has 3 rings (SSSR count). The number of aromatic nitrogens is 3. The van der Waals surface area contributed by atoms with Crippen LogP contribution in [0.2, 0.25) is 0 Å². The van der Waals surface area contributed by atoms with Gasteiger partial charge in [-0.05, 0) is 37.3 Å². The first-order chi connectivity index (χ1) is 14.3. The van der Waals surface area contributed by atoms with E-state index < -0.39 is 28.0 Å². The normalized spacial score (nSPS) is 13.1. The fourth-order valence-electron chi connectivity index (χ4n) is 2.51. The molecule has 2 unspecified atom stereocenters. The first-order valence-corrected chi connectivity index (χ1v) is 10.00. The molecule has 11 nitrogen and oxygen atoms in total. The predicted molar refractivity (Wildman–Crippen MR) is 103 cm³/mol. The molecular formula is C18H16N6O5S. The van der Waals surface area contributed by atoms with Gasteiger partial charge >= 0.3 is 0 Å². The Morgan fingerprint density at radius 2 is 1.90 bits per heavy atom. The van der Waals surface area contributed by atoms with Crippen LogP contribution in [-0.4, -0.2) is 34.6 Å². The Morgan fingerprint density at radius 1 is 1.23 bits per heavy atom. The second-order valence-corrected chi connectivity index (χ2v) is 7.76. The van der Waals surface area contributed by atoms with E-state index in [4.69, 9.17) is 4.52 Å². The highest BCUT2D eigenvalue weighted by Crippen LogP contribution is 2.26. The summed E-state index contributed by atoms with van der Waals surface area (Å²) in [5.74, 6) is -1.98. The molecule has 3 aromatic rings. The average molecular weight is 428 g/mol. The molecule has 2 atom stereocenters. The maximum absolute atomic E-state index is 12.4. The van der Waals surface area contributed by atoms with Gasteiger partial charge in [-0.25, -0.2) is 23.1 Å². The number of nitrogens with zero attached hydrogens (tertiary/aromatic N) is 4. The highest BCUT2D eigenvalue weighted by molar-refractivity contribution is 7.92. The lowest BCUT2D eigenvalue weighted by Gasteiger charge is -2.15. The summed E-state index contributed by atoms with van der Waals surface area (Å²) in [6.45, 7) is 1.55. The fraction of sp³-hybridized carbons (Fsp3) is 0.167. The van der Waals surface area contributed by atoms with E-state index in [9.17, 15) is 23.6 Å². The van der Waals surface area contributed by atoms with Crippen molar-refractivity contribution in [3.63, 3.8) is 0 Å². The molecule has 0 bridgehead atoms. The van der Waals surface area contributed by atoms with Crippen LogP contribution in [0.3, 0.4) is 0 Å². The predicted octanol–water partition coefficient (Wildman–Crippen LogP) is 1.39. The lowest BCUT2D eigenvalue weighted by atomic mass is 9.97. The number of nitriles is 1. The summed E-state index contributed by atoms with van der Waals surface area (Å²) in [6.07, 6.45) is 2.59. The molecule has 0 saturated carbocycles. The minimum atomic E-state index is -3.92. The van der Waals surface area contributed by atoms with Gasteiger partial charge in [0.2, 0.25) is 11.9 Å². The highest BCUT2D eigenvalue weighted by atomic mass is 32.2. The summed E-state index contributed by atoms with van der Waals surface area (Å²) in [4.78, 5) is 19.9. The van der Waals surface area contributed by atoms with Crippen molar-refractivity contribution in [2.24, 2.45) is 5.92 Å². The van der Waals surface area contributed by atoms with Crippen molar-refractivity contribution < 1.29 is 22.8 Å². The lowest BCUT2D eigenvalue weighted by molar-refractivity contribution is -0.121. The summed E-state index contributed by atoms with van der Waals surface area (Å²) in [6, 6.07) is 8.53. The van der Waals surface area contributed by atoms with Gasteiger partial charge in [0, 0.05) is 23.6 Å². The Labute approximate surface area is 171 Å². The standard InChI is InChI=1S/C18H16N6O5S/c1-11-15(10-22-29-11)16(25)14(9-19)17(26)23-12-3-5-13(6-4-12)30(27,28)24-18-20-7-2-8-21-18/h2-8,10,14,16,25H,1H3,(H,23,26)(H,20,21,24). The summed E-state index contributed by atoms with van der Waals surface area (Å²) < 4.78 is 31.8. The third-order valence-electron chi connectivity index (χ3n) is 4.07. The third-order valence-corrected chi connectivity index (χ3v) is 5.41. The zero-order valence-corrected chi connectivity index (χ0v) is 16.4. The SMILES string of the molecule is Cc1oncc1C(O)C(C#N)C(=O)Nc1ccc(S(=O)(=O)Nc2ncccn2)cc1. The number of anilines is 2. The van der Waals surface area contributed by atoms with Gasteiger partial charge in [0.25, 0.3) is 10.0 Å². The van der Waals surface area contributed by atoms with Crippen molar-refractivity contribution in [1.82, 2.24) is 15.1 Å². The van der Waals surface area contributed by atoms with Gasteiger partial charge in [-0.2, -0.15) is 5.26 Å². The number of benzene rings is 1. The van der Waals surface area contributed by atoms with E-state index in [0.29, 0.717) is 5.76 Å². The average Bonchev–Trinajstić information content (AvgIpc) is 3.15. The number of aryl methyl sites for hydroxylation is 1. The summed E-state index contributed by atoms with van der Waals surface area (Å²) >= 11 is 0. The number of carbonyl (C=O) groups excluding carboxylic acids is 1. The van der Waals surface area contributed by atoms with Gasteiger partial charge in [0.1, 0.15) is 11.9 Å². The molecule has 2 heterocycles. The molecule has 30 heavy (non-hydrogen) atoms. The number of aliphatic hydroxyl groups excluding tert-OH is 1. The topological polar surface area (TPSA) is 171 Å². The van der Waals surface area contributed by atoms with Gasteiger partial charge in [0.15, 0.2) is 5.92 Å². The highest BCUT2D eigenvalue weighted by Gasteiger charge is 2.30. The molecule has 2 aromatic heterocycles. The van der Waals surface area contributed by atoms with Crippen molar-refractivity contribution in [2.75, 3.05) is 10.0 Å². The fourth-order valence-corrected chi connectivity index (χ4v) is 3.47. The minimum absolute atomic E-state index is 0.0788. The molecule has 0 radical (unpaired) electrons. The molecule has 0 fully saturated rings. The number of hydrogen-bond donors (Lipinski definition) is 3. The van der Waals surface area contributed by atoms with E-state index in [1.54, 1.807) is 19.1 Å². The van der Waals surface area contributed by atoms with Crippen molar-refractivity contribution >= 4 is 27.6 Å². The van der Waals surface area contributed by atoms with Crippen LogP contribution in [0.1, 0.15) is 17.4 Å². The van der Waals surface area contributed by atoms with E-state index >= 15 is 0 Å². The van der Waals surface area contributed by atoms with E-state index in [1.165, 1.54) is 42.9 Å². The quantitative estimate of drug-likeness (QED) is 0.503. The summed E-state index contributed by atoms with van der Waals surface area (Å²) in [7, 11) is -3.92. The number of amides is 1. The van der Waals surface area contributed by atoms with Crippen LogP contribution in [0.5, 0.6) is 0 Å². The Balaban J connectivity index is 1.71. The molecule has 154 valence electrons. The molecule has 0 aliphatic rings. The lowest BCUT2D eigenvalue weighted by Crippen LogP contribution is -2.27. The Morgan fingerprint density at radius 3 is 2.47 bits per heavy atom. The maximum Gasteiger partial charge on any atom is 0.264 e. The molecule has 0 spiro atoms. The number of hydrogen-bond acceptors (Lipinski definition) is 9. The van der Waals surface area contributed by atoms with Crippen molar-refractivity contribution in [2.45, 2.75) is 17.9 Å². The molecule has 0 aliphatic carbocycles. The molecule has 0 aliphatic heterocycles. The number of carbonyl (C=O) groups is 1. The number of rotatable bonds is 7. The monoisotopic (exact) mass is 428 g/mol. The van der Waals surface area contributed by atoms with Crippen LogP contribution < -0.4 is 10.0 Å². The van der Waals surface area contributed by atoms with Crippen molar-refractivity contribution in [3.05, 3.63) is 60.2 Å². The van der Waals surface area contributed by atoms with E-state index in [1.807, 2.05) is 0 Å². The molecule has 1 amide bonds. The Hall–Kier alpha value is -3.82. The molecule has 12 heteroatoms. The Bertz CT molecular complexity index is 1170. The third kappa shape index (κ3) is 4.59. The van der Waals surface area contributed by atoms with Crippen LogP contribution in [-0.2, 0) is 14.8 Å². The number of aliphatic hydroxyl groups is 1. The van der Waals surface area contributed by atoms with Gasteiger partial charge in [-0.1, -0.05) is 5.16 Å². The molecule has 1 aromatic carbocycles. The van der Waals surface area contributed by atoms with Crippen LogP contribution >= 0.6 is 0 Å². The molecule has 3 N–H and O–H groups in total. The summed E-state index contributed by atoms with van der Waals surface area (Å²) in [5.41, 5.74) is 0.469. The van der Waals surface area contributed by atoms with E-state index in [0.717, 1.165) is 0 Å². The number of sulfonamides is 1. The van der Waals surface area contributed by atoms with E-state index in [2.05, 4.69) is 25.2 Å². The van der Waals surface area contributed by atoms with Crippen LogP contribution in [0.15, 0.2) is 58.3 Å². The van der Waals surface area contributed by atoms with Crippen molar-refractivity contribution in [3.8, 4) is 6.07 Å². The second-order valence-electron chi connectivity index (χ2n) is 6.08. The second kappa shape index (κ2) is 8.68. The van der Waals surface area contributed by atoms with Crippen LogP contribution in [0.4, 0.5) is 11.6 Å². The van der Waals surface area contributed by atoms with Gasteiger partial charge < -0.3 is 14.9 Å². The molecule has 0 saturated heterocycles. The smallest absolute Gasteiger partial charge is 0.264 e. The zero-order chi connectivity index (χ0) is 21.7.